The number of rotatable bonds is 4. The maximum atomic E-state index is 13.5. The van der Waals surface area contributed by atoms with Crippen molar-refractivity contribution >= 4 is 17.9 Å². The molecular formula is C23H23F3N2O4. The fourth-order valence-corrected chi connectivity index (χ4v) is 4.48. The summed E-state index contributed by atoms with van der Waals surface area (Å²) in [5.41, 5.74) is 0.233. The van der Waals surface area contributed by atoms with Crippen LogP contribution in [-0.2, 0) is 17.5 Å². The molecule has 0 bridgehead atoms. The minimum absolute atomic E-state index is 0.111. The molecule has 1 N–H and O–H groups in total. The van der Waals surface area contributed by atoms with Gasteiger partial charge in [0.15, 0.2) is 0 Å². The molecule has 4 rings (SSSR count). The Balaban J connectivity index is 1.84. The number of methoxy groups -OCH3 is 1. The highest BCUT2D eigenvalue weighted by Gasteiger charge is 2.47. The smallest absolute Gasteiger partial charge is 0.416 e. The van der Waals surface area contributed by atoms with Crippen molar-refractivity contribution in [3.8, 4) is 0 Å². The standard InChI is InChI=1S/C23H23F3N2O4/c1-32-22(31)27(13-14-5-3-2-4-6-14)20-12-19(15-7-8-15)28(21(29)30)18-10-9-16(11-17(18)20)23(24,25)26/h2-6,9-11,15,19-20H,7-8,12-13H2,1H3,(H,29,30)/t19-,20-/m0/s1. The number of anilines is 1. The molecule has 1 heterocycles. The van der Waals surface area contributed by atoms with Crippen molar-refractivity contribution in [2.24, 2.45) is 5.92 Å². The minimum atomic E-state index is -4.60. The SMILES string of the molecule is COC(=O)N(Cc1ccccc1)[C@H]1C[C@@H](C2CC2)N(C(=O)O)c2ccc(C(F)(F)F)cc21. The van der Waals surface area contributed by atoms with Crippen LogP contribution in [0.3, 0.4) is 0 Å². The van der Waals surface area contributed by atoms with Crippen LogP contribution in [0, 0.1) is 5.92 Å². The van der Waals surface area contributed by atoms with Gasteiger partial charge in [-0.2, -0.15) is 13.2 Å². The van der Waals surface area contributed by atoms with E-state index >= 15 is 0 Å². The van der Waals surface area contributed by atoms with Gasteiger partial charge in [0.25, 0.3) is 0 Å². The zero-order valence-corrected chi connectivity index (χ0v) is 17.4. The van der Waals surface area contributed by atoms with Crippen LogP contribution in [0.2, 0.25) is 0 Å². The highest BCUT2D eigenvalue weighted by molar-refractivity contribution is 5.89. The first-order valence-electron chi connectivity index (χ1n) is 10.3. The Morgan fingerprint density at radius 3 is 2.41 bits per heavy atom. The third-order valence-electron chi connectivity index (χ3n) is 6.12. The number of fused-ring (bicyclic) bond motifs is 1. The average Bonchev–Trinajstić information content (AvgIpc) is 3.61. The van der Waals surface area contributed by atoms with Crippen molar-refractivity contribution in [2.45, 2.75) is 44.1 Å². The van der Waals surface area contributed by atoms with Gasteiger partial charge in [0.1, 0.15) is 0 Å². The summed E-state index contributed by atoms with van der Waals surface area (Å²) in [4.78, 5) is 27.4. The molecule has 2 aromatic carbocycles. The van der Waals surface area contributed by atoms with Gasteiger partial charge >= 0.3 is 18.4 Å². The number of carbonyl (C=O) groups is 2. The molecule has 0 spiro atoms. The van der Waals surface area contributed by atoms with Crippen LogP contribution in [0.25, 0.3) is 0 Å². The quantitative estimate of drug-likeness (QED) is 0.653. The molecule has 2 amide bonds. The van der Waals surface area contributed by atoms with Gasteiger partial charge in [-0.15, -0.1) is 0 Å². The first-order chi connectivity index (χ1) is 15.2. The highest BCUT2D eigenvalue weighted by atomic mass is 19.4. The zero-order chi connectivity index (χ0) is 23.0. The van der Waals surface area contributed by atoms with Gasteiger partial charge in [-0.25, -0.2) is 9.59 Å². The van der Waals surface area contributed by atoms with Crippen LogP contribution in [-0.4, -0.2) is 35.3 Å². The van der Waals surface area contributed by atoms with Crippen LogP contribution in [0.1, 0.15) is 42.0 Å². The van der Waals surface area contributed by atoms with Crippen LogP contribution >= 0.6 is 0 Å². The number of carbonyl (C=O) groups excluding carboxylic acids is 1. The summed E-state index contributed by atoms with van der Waals surface area (Å²) in [5, 5.41) is 9.88. The van der Waals surface area contributed by atoms with Crippen molar-refractivity contribution in [2.75, 3.05) is 12.0 Å². The second-order valence-electron chi connectivity index (χ2n) is 8.16. The Hall–Kier alpha value is -3.23. The molecule has 0 saturated heterocycles. The lowest BCUT2D eigenvalue weighted by atomic mass is 9.86. The molecule has 2 aromatic rings. The van der Waals surface area contributed by atoms with Crippen LogP contribution < -0.4 is 4.90 Å². The molecule has 1 aliphatic heterocycles. The summed E-state index contributed by atoms with van der Waals surface area (Å²) >= 11 is 0. The lowest BCUT2D eigenvalue weighted by Crippen LogP contribution is -2.49. The first kappa shape index (κ1) is 22.0. The highest BCUT2D eigenvalue weighted by Crippen LogP contribution is 2.49. The van der Waals surface area contributed by atoms with E-state index < -0.39 is 36.0 Å². The van der Waals surface area contributed by atoms with Crippen molar-refractivity contribution in [3.63, 3.8) is 0 Å². The molecule has 6 nitrogen and oxygen atoms in total. The second kappa shape index (κ2) is 8.37. The summed E-state index contributed by atoms with van der Waals surface area (Å²) in [5.74, 6) is 0.111. The topological polar surface area (TPSA) is 70.1 Å². The van der Waals surface area contributed by atoms with E-state index in [1.165, 1.54) is 23.0 Å². The van der Waals surface area contributed by atoms with Crippen molar-refractivity contribution in [1.82, 2.24) is 4.90 Å². The molecule has 2 atom stereocenters. The largest absolute Gasteiger partial charge is 0.465 e. The number of ether oxygens (including phenoxy) is 1. The van der Waals surface area contributed by atoms with E-state index in [4.69, 9.17) is 4.74 Å². The predicted molar refractivity (Wildman–Crippen MR) is 110 cm³/mol. The van der Waals surface area contributed by atoms with E-state index in [2.05, 4.69) is 0 Å². The number of carboxylic acid groups (broad SMARTS) is 1. The molecule has 1 saturated carbocycles. The number of nitrogens with zero attached hydrogens (tertiary/aromatic N) is 2. The van der Waals surface area contributed by atoms with E-state index in [1.54, 1.807) is 12.1 Å². The van der Waals surface area contributed by atoms with Gasteiger partial charge in [0, 0.05) is 12.6 Å². The second-order valence-corrected chi connectivity index (χ2v) is 8.16. The third kappa shape index (κ3) is 4.24. The first-order valence-corrected chi connectivity index (χ1v) is 10.3. The fourth-order valence-electron chi connectivity index (χ4n) is 4.48. The molecular weight excluding hydrogens is 425 g/mol. The van der Waals surface area contributed by atoms with E-state index in [-0.39, 0.29) is 30.1 Å². The molecule has 1 fully saturated rings. The van der Waals surface area contributed by atoms with E-state index in [9.17, 15) is 27.9 Å². The van der Waals surface area contributed by atoms with Gasteiger partial charge in [-0.3, -0.25) is 9.80 Å². The maximum Gasteiger partial charge on any atom is 0.416 e. The monoisotopic (exact) mass is 448 g/mol. The van der Waals surface area contributed by atoms with Crippen LogP contribution in [0.15, 0.2) is 48.5 Å². The Labute approximate surface area is 183 Å². The molecule has 0 unspecified atom stereocenters. The molecule has 170 valence electrons. The van der Waals surface area contributed by atoms with E-state index in [0.29, 0.717) is 0 Å². The summed E-state index contributed by atoms with van der Waals surface area (Å²) in [7, 11) is 1.22. The fraction of sp³-hybridized carbons (Fsp3) is 0.391. The molecule has 1 aliphatic carbocycles. The Morgan fingerprint density at radius 2 is 1.84 bits per heavy atom. The van der Waals surface area contributed by atoms with Crippen LogP contribution in [0.5, 0.6) is 0 Å². The van der Waals surface area contributed by atoms with E-state index in [0.717, 1.165) is 30.5 Å². The maximum absolute atomic E-state index is 13.5. The normalized spacial score (nSPS) is 20.4. The lowest BCUT2D eigenvalue weighted by molar-refractivity contribution is -0.137. The van der Waals surface area contributed by atoms with E-state index in [1.807, 2.05) is 18.2 Å². The van der Waals surface area contributed by atoms with Gasteiger partial charge in [-0.1, -0.05) is 30.3 Å². The third-order valence-corrected chi connectivity index (χ3v) is 6.12. The summed E-state index contributed by atoms with van der Waals surface area (Å²) in [6, 6.07) is 10.9. The van der Waals surface area contributed by atoms with Gasteiger partial charge in [-0.05, 0) is 54.5 Å². The summed E-state index contributed by atoms with van der Waals surface area (Å²) in [6.07, 6.45) is -4.61. The zero-order valence-electron chi connectivity index (χ0n) is 17.4. The van der Waals surface area contributed by atoms with Crippen LogP contribution in [0.4, 0.5) is 28.4 Å². The number of hydrogen-bond donors (Lipinski definition) is 1. The predicted octanol–water partition coefficient (Wildman–Crippen LogP) is 5.68. The molecule has 2 aliphatic rings. The van der Waals surface area contributed by atoms with Crippen molar-refractivity contribution < 1.29 is 32.6 Å². The van der Waals surface area contributed by atoms with Gasteiger partial charge in [0.2, 0.25) is 0 Å². The number of halogens is 3. The molecule has 0 radical (unpaired) electrons. The summed E-state index contributed by atoms with van der Waals surface area (Å²) in [6.45, 7) is 0.123. The lowest BCUT2D eigenvalue weighted by Gasteiger charge is -2.43. The average molecular weight is 448 g/mol. The van der Waals surface area contributed by atoms with Gasteiger partial charge in [0.05, 0.1) is 24.4 Å². The Kier molecular flexibility index (Phi) is 5.75. The number of alkyl halides is 3. The Bertz CT molecular complexity index is 1010. The van der Waals surface area contributed by atoms with Gasteiger partial charge < -0.3 is 9.84 Å². The molecule has 32 heavy (non-hydrogen) atoms. The minimum Gasteiger partial charge on any atom is -0.465 e. The molecule has 9 heteroatoms. The number of amides is 2. The van der Waals surface area contributed by atoms with Crippen molar-refractivity contribution in [3.05, 3.63) is 65.2 Å². The summed E-state index contributed by atoms with van der Waals surface area (Å²) < 4.78 is 45.5. The Morgan fingerprint density at radius 1 is 1.16 bits per heavy atom. The number of hydrogen-bond acceptors (Lipinski definition) is 3. The van der Waals surface area contributed by atoms with Crippen molar-refractivity contribution in [1.29, 1.82) is 0 Å². The number of benzene rings is 2. The molecule has 0 aromatic heterocycles.